The number of fused-ring (bicyclic) bond motifs is 1. The van der Waals surface area contributed by atoms with Crippen LogP contribution in [-0.4, -0.2) is 13.4 Å². The minimum Gasteiger partial charge on any atom is -0.408 e. The second-order valence-corrected chi connectivity index (χ2v) is 7.24. The van der Waals surface area contributed by atoms with E-state index < -0.39 is 15.8 Å². The monoisotopic (exact) mass is 332 g/mol. The van der Waals surface area contributed by atoms with Crippen LogP contribution < -0.4 is 10.5 Å². The molecule has 0 amide bonds. The van der Waals surface area contributed by atoms with E-state index in [0.29, 0.717) is 22.7 Å². The first-order valence-electron chi connectivity index (χ1n) is 7.11. The molecule has 0 saturated carbocycles. The molecule has 23 heavy (non-hydrogen) atoms. The summed E-state index contributed by atoms with van der Waals surface area (Å²) < 4.78 is 32.3. The summed E-state index contributed by atoms with van der Waals surface area (Å²) in [6.07, 6.45) is 0. The van der Waals surface area contributed by atoms with E-state index in [0.717, 1.165) is 5.56 Å². The van der Waals surface area contributed by atoms with Crippen molar-refractivity contribution in [1.82, 2.24) is 4.98 Å². The lowest BCUT2D eigenvalue weighted by molar-refractivity contribution is 0.555. The molecule has 0 saturated heterocycles. The fourth-order valence-electron chi connectivity index (χ4n) is 2.25. The predicted molar refractivity (Wildman–Crippen MR) is 88.2 cm³/mol. The van der Waals surface area contributed by atoms with Crippen molar-refractivity contribution in [2.75, 3.05) is 4.72 Å². The molecule has 2 aromatic carbocycles. The van der Waals surface area contributed by atoms with Gasteiger partial charge in [0.15, 0.2) is 5.58 Å². The largest absolute Gasteiger partial charge is 0.417 e. The molecule has 0 fully saturated rings. The van der Waals surface area contributed by atoms with Crippen LogP contribution in [0.5, 0.6) is 0 Å². The lowest BCUT2D eigenvalue weighted by Gasteiger charge is -2.10. The number of benzene rings is 2. The third kappa shape index (κ3) is 3.14. The van der Waals surface area contributed by atoms with Gasteiger partial charge in [0.1, 0.15) is 0 Å². The molecule has 1 aromatic heterocycles. The summed E-state index contributed by atoms with van der Waals surface area (Å²) in [4.78, 5) is 13.6. The highest BCUT2D eigenvalue weighted by Gasteiger charge is 2.16. The van der Waals surface area contributed by atoms with Crippen molar-refractivity contribution in [3.63, 3.8) is 0 Å². The van der Waals surface area contributed by atoms with Gasteiger partial charge in [0.25, 0.3) is 10.0 Å². The van der Waals surface area contributed by atoms with E-state index in [-0.39, 0.29) is 4.90 Å². The topological polar surface area (TPSA) is 92.2 Å². The van der Waals surface area contributed by atoms with Crippen molar-refractivity contribution in [2.24, 2.45) is 0 Å². The van der Waals surface area contributed by atoms with Crippen LogP contribution in [0.4, 0.5) is 5.69 Å². The minimum atomic E-state index is -3.74. The molecular weight excluding hydrogens is 316 g/mol. The van der Waals surface area contributed by atoms with E-state index in [1.54, 1.807) is 12.1 Å². The summed E-state index contributed by atoms with van der Waals surface area (Å²) >= 11 is 0. The third-order valence-corrected chi connectivity index (χ3v) is 4.91. The van der Waals surface area contributed by atoms with Crippen LogP contribution in [0.3, 0.4) is 0 Å². The normalized spacial score (nSPS) is 12.0. The zero-order chi connectivity index (χ0) is 16.6. The van der Waals surface area contributed by atoms with Crippen molar-refractivity contribution in [3.8, 4) is 0 Å². The molecule has 0 atom stereocenters. The van der Waals surface area contributed by atoms with Crippen molar-refractivity contribution in [1.29, 1.82) is 0 Å². The Morgan fingerprint density at radius 1 is 1.09 bits per heavy atom. The lowest BCUT2D eigenvalue weighted by Crippen LogP contribution is -2.12. The van der Waals surface area contributed by atoms with E-state index in [9.17, 15) is 13.2 Å². The van der Waals surface area contributed by atoms with Gasteiger partial charge >= 0.3 is 5.76 Å². The molecule has 1 heterocycles. The Bertz CT molecular complexity index is 998. The maximum absolute atomic E-state index is 12.4. The van der Waals surface area contributed by atoms with Crippen LogP contribution in [0.15, 0.2) is 56.6 Å². The predicted octanol–water partition coefficient (Wildman–Crippen LogP) is 3.05. The second kappa shape index (κ2) is 5.58. The zero-order valence-electron chi connectivity index (χ0n) is 12.7. The molecule has 7 heteroatoms. The van der Waals surface area contributed by atoms with Gasteiger partial charge in [0.2, 0.25) is 0 Å². The third-order valence-electron chi connectivity index (χ3n) is 3.53. The van der Waals surface area contributed by atoms with Crippen molar-refractivity contribution in [3.05, 3.63) is 58.6 Å². The van der Waals surface area contributed by atoms with Gasteiger partial charge in [-0.1, -0.05) is 26.0 Å². The summed E-state index contributed by atoms with van der Waals surface area (Å²) in [6.45, 7) is 4.14. The van der Waals surface area contributed by atoms with Gasteiger partial charge in [-0.15, -0.1) is 0 Å². The van der Waals surface area contributed by atoms with Gasteiger partial charge in [-0.05, 0) is 41.8 Å². The van der Waals surface area contributed by atoms with Crippen LogP contribution in [0.25, 0.3) is 11.1 Å². The molecule has 0 aliphatic heterocycles. The number of hydrogen-bond acceptors (Lipinski definition) is 4. The van der Waals surface area contributed by atoms with Crippen molar-refractivity contribution in [2.45, 2.75) is 24.7 Å². The SMILES string of the molecule is CC(C)c1ccc(NS(=O)(=O)c2ccc3oc(=O)[nH]c3c2)cc1. The zero-order valence-corrected chi connectivity index (χ0v) is 13.5. The van der Waals surface area contributed by atoms with E-state index in [2.05, 4.69) is 23.6 Å². The molecule has 0 spiro atoms. The molecule has 0 unspecified atom stereocenters. The molecule has 0 bridgehead atoms. The Morgan fingerprint density at radius 3 is 2.43 bits per heavy atom. The fraction of sp³-hybridized carbons (Fsp3) is 0.188. The summed E-state index contributed by atoms with van der Waals surface area (Å²) in [5.41, 5.74) is 2.27. The smallest absolute Gasteiger partial charge is 0.408 e. The first kappa shape index (κ1) is 15.4. The number of rotatable bonds is 4. The number of H-pyrrole nitrogens is 1. The van der Waals surface area contributed by atoms with Gasteiger partial charge < -0.3 is 4.42 Å². The van der Waals surface area contributed by atoms with Gasteiger partial charge in [-0.3, -0.25) is 9.71 Å². The first-order chi connectivity index (χ1) is 10.8. The van der Waals surface area contributed by atoms with Gasteiger partial charge in [-0.25, -0.2) is 13.2 Å². The average molecular weight is 332 g/mol. The highest BCUT2D eigenvalue weighted by molar-refractivity contribution is 7.92. The minimum absolute atomic E-state index is 0.0509. The van der Waals surface area contributed by atoms with Gasteiger partial charge in [-0.2, -0.15) is 0 Å². The van der Waals surface area contributed by atoms with Crippen LogP contribution >= 0.6 is 0 Å². The van der Waals surface area contributed by atoms with Crippen molar-refractivity contribution < 1.29 is 12.8 Å². The van der Waals surface area contributed by atoms with E-state index in [1.807, 2.05) is 12.1 Å². The Morgan fingerprint density at radius 2 is 1.78 bits per heavy atom. The summed E-state index contributed by atoms with van der Waals surface area (Å²) in [5, 5.41) is 0. The molecule has 0 aliphatic rings. The number of oxazole rings is 1. The lowest BCUT2D eigenvalue weighted by atomic mass is 10.0. The standard InChI is InChI=1S/C16H16N2O4S/c1-10(2)11-3-5-12(6-4-11)18-23(20,21)13-7-8-15-14(9-13)17-16(19)22-15/h3-10,18H,1-2H3,(H,17,19). The highest BCUT2D eigenvalue weighted by atomic mass is 32.2. The molecule has 0 radical (unpaired) electrons. The Labute approximate surface area is 133 Å². The number of sulfonamides is 1. The number of aromatic nitrogens is 1. The van der Waals surface area contributed by atoms with E-state index in [1.165, 1.54) is 18.2 Å². The van der Waals surface area contributed by atoms with Crippen LogP contribution in [0, 0.1) is 0 Å². The van der Waals surface area contributed by atoms with E-state index in [4.69, 9.17) is 4.42 Å². The molecule has 0 aliphatic carbocycles. The van der Waals surface area contributed by atoms with Crippen LogP contribution in [-0.2, 0) is 10.0 Å². The molecule has 120 valence electrons. The molecule has 6 nitrogen and oxygen atoms in total. The maximum Gasteiger partial charge on any atom is 0.417 e. The fourth-order valence-corrected chi connectivity index (χ4v) is 3.33. The summed E-state index contributed by atoms with van der Waals surface area (Å²) in [7, 11) is -3.74. The van der Waals surface area contributed by atoms with Crippen LogP contribution in [0.1, 0.15) is 25.3 Å². The summed E-state index contributed by atoms with van der Waals surface area (Å²) in [5.74, 6) is -0.243. The quantitative estimate of drug-likeness (QED) is 0.768. The molecule has 2 N–H and O–H groups in total. The Balaban J connectivity index is 1.91. The Kier molecular flexibility index (Phi) is 3.73. The average Bonchev–Trinajstić information content (AvgIpc) is 2.86. The number of hydrogen-bond donors (Lipinski definition) is 2. The second-order valence-electron chi connectivity index (χ2n) is 5.55. The van der Waals surface area contributed by atoms with Crippen LogP contribution in [0.2, 0.25) is 0 Å². The highest BCUT2D eigenvalue weighted by Crippen LogP contribution is 2.21. The number of anilines is 1. The van der Waals surface area contributed by atoms with Crippen molar-refractivity contribution >= 4 is 26.8 Å². The van der Waals surface area contributed by atoms with Gasteiger partial charge in [0, 0.05) is 5.69 Å². The Hall–Kier alpha value is -2.54. The molecular formula is C16H16N2O4S. The van der Waals surface area contributed by atoms with Gasteiger partial charge in [0.05, 0.1) is 10.4 Å². The number of aromatic amines is 1. The number of nitrogens with one attached hydrogen (secondary N) is 2. The molecule has 3 rings (SSSR count). The van der Waals surface area contributed by atoms with E-state index >= 15 is 0 Å². The summed E-state index contributed by atoms with van der Waals surface area (Å²) in [6, 6.07) is 11.4. The maximum atomic E-state index is 12.4. The molecule has 3 aromatic rings. The first-order valence-corrected chi connectivity index (χ1v) is 8.59.